The second-order valence-corrected chi connectivity index (χ2v) is 5.31. The summed E-state index contributed by atoms with van der Waals surface area (Å²) in [4.78, 5) is 32.9. The molecule has 2 aromatic carbocycles. The van der Waals surface area contributed by atoms with Crippen LogP contribution in [-0.2, 0) is 4.79 Å². The average Bonchev–Trinajstić information content (AvgIpc) is 2.62. The van der Waals surface area contributed by atoms with Gasteiger partial charge in [-0.25, -0.2) is 0 Å². The number of nitro benzene ring substituents is 2. The highest BCUT2D eigenvalue weighted by atomic mass is 16.6. The van der Waals surface area contributed by atoms with Crippen molar-refractivity contribution in [1.82, 2.24) is 0 Å². The van der Waals surface area contributed by atoms with Crippen molar-refractivity contribution < 1.29 is 14.6 Å². The summed E-state index contributed by atoms with van der Waals surface area (Å²) in [5.41, 5.74) is 0.374. The van der Waals surface area contributed by atoms with Crippen molar-refractivity contribution in [3.8, 4) is 0 Å². The van der Waals surface area contributed by atoms with Gasteiger partial charge >= 0.3 is 5.69 Å². The van der Waals surface area contributed by atoms with Crippen LogP contribution in [0.4, 0.5) is 17.1 Å². The predicted octanol–water partition coefficient (Wildman–Crippen LogP) is 3.03. The number of hydrogen-bond acceptors (Lipinski definition) is 6. The van der Waals surface area contributed by atoms with Gasteiger partial charge in [0.1, 0.15) is 5.69 Å². The van der Waals surface area contributed by atoms with E-state index in [1.165, 1.54) is 6.07 Å². The van der Waals surface area contributed by atoms with Crippen molar-refractivity contribution in [1.29, 1.82) is 0 Å². The molecule has 0 N–H and O–H groups in total. The average molecular weight is 340 g/mol. The molecule has 9 heteroatoms. The molecule has 2 aromatic rings. The van der Waals surface area contributed by atoms with Gasteiger partial charge in [0, 0.05) is 18.9 Å². The zero-order chi connectivity index (χ0) is 18.0. The summed E-state index contributed by atoms with van der Waals surface area (Å²) < 4.78 is 0. The maximum absolute atomic E-state index is 12.2. The molecular formula is C16H12N4O5. The van der Waals surface area contributed by atoms with E-state index in [0.29, 0.717) is 12.1 Å². The van der Waals surface area contributed by atoms with E-state index in [9.17, 15) is 25.0 Å². The lowest BCUT2D eigenvalue weighted by Crippen LogP contribution is -2.32. The van der Waals surface area contributed by atoms with Crippen molar-refractivity contribution in [2.75, 3.05) is 5.01 Å². The van der Waals surface area contributed by atoms with Gasteiger partial charge in [0.2, 0.25) is 5.91 Å². The molecule has 1 aliphatic heterocycles. The molecule has 0 radical (unpaired) electrons. The second-order valence-electron chi connectivity index (χ2n) is 5.31. The summed E-state index contributed by atoms with van der Waals surface area (Å²) in [6.45, 7) is 0. The summed E-state index contributed by atoms with van der Waals surface area (Å²) in [6, 6.07) is 12.3. The highest BCUT2D eigenvalue weighted by Crippen LogP contribution is 2.34. The van der Waals surface area contributed by atoms with Crippen molar-refractivity contribution in [2.45, 2.75) is 12.8 Å². The lowest BCUT2D eigenvalue weighted by Gasteiger charge is -2.23. The predicted molar refractivity (Wildman–Crippen MR) is 89.4 cm³/mol. The van der Waals surface area contributed by atoms with Gasteiger partial charge in [-0.2, -0.15) is 10.1 Å². The highest BCUT2D eigenvalue weighted by molar-refractivity contribution is 6.09. The van der Waals surface area contributed by atoms with Crippen LogP contribution in [0.15, 0.2) is 53.6 Å². The number of amides is 1. The Hall–Kier alpha value is -3.62. The summed E-state index contributed by atoms with van der Waals surface area (Å²) in [6.07, 6.45) is 0.558. The smallest absolute Gasteiger partial charge is 0.273 e. The van der Waals surface area contributed by atoms with E-state index in [0.717, 1.165) is 22.7 Å². The summed E-state index contributed by atoms with van der Waals surface area (Å²) in [5, 5.41) is 27.3. The first-order valence-corrected chi connectivity index (χ1v) is 7.36. The van der Waals surface area contributed by atoms with E-state index in [4.69, 9.17) is 0 Å². The first-order chi connectivity index (χ1) is 12.0. The lowest BCUT2D eigenvalue weighted by molar-refractivity contribution is -0.393. The topological polar surface area (TPSA) is 119 Å². The van der Waals surface area contributed by atoms with Crippen LogP contribution in [0.25, 0.3) is 0 Å². The summed E-state index contributed by atoms with van der Waals surface area (Å²) >= 11 is 0. The minimum atomic E-state index is -0.762. The fourth-order valence-electron chi connectivity index (χ4n) is 2.53. The molecular weight excluding hydrogens is 328 g/mol. The van der Waals surface area contributed by atoms with Crippen LogP contribution in [-0.4, -0.2) is 21.5 Å². The zero-order valence-electron chi connectivity index (χ0n) is 12.9. The van der Waals surface area contributed by atoms with E-state index in [1.807, 2.05) is 30.3 Å². The third kappa shape index (κ3) is 3.20. The Morgan fingerprint density at radius 3 is 2.32 bits per heavy atom. The summed E-state index contributed by atoms with van der Waals surface area (Å²) in [5.74, 6) is -0.406. The molecule has 126 valence electrons. The second kappa shape index (κ2) is 6.48. The van der Waals surface area contributed by atoms with E-state index >= 15 is 0 Å². The van der Waals surface area contributed by atoms with Crippen LogP contribution in [0.5, 0.6) is 0 Å². The molecule has 0 unspecified atom stereocenters. The molecule has 3 rings (SSSR count). The molecule has 0 fully saturated rings. The van der Waals surface area contributed by atoms with Crippen molar-refractivity contribution in [3.05, 3.63) is 74.3 Å². The fraction of sp³-hybridized carbons (Fsp3) is 0.125. The van der Waals surface area contributed by atoms with Gasteiger partial charge in [0.05, 0.1) is 21.6 Å². The zero-order valence-corrected chi connectivity index (χ0v) is 12.9. The molecule has 1 aliphatic rings. The quantitative estimate of drug-likeness (QED) is 0.626. The fourth-order valence-corrected chi connectivity index (χ4v) is 2.53. The number of hydrogen-bond donors (Lipinski definition) is 0. The number of anilines is 1. The number of non-ortho nitro benzene ring substituents is 1. The first-order valence-electron chi connectivity index (χ1n) is 7.36. The van der Waals surface area contributed by atoms with Gasteiger partial charge in [-0.1, -0.05) is 30.3 Å². The minimum absolute atomic E-state index is 0.0891. The van der Waals surface area contributed by atoms with Crippen molar-refractivity contribution >= 4 is 28.7 Å². The molecule has 0 bridgehead atoms. The van der Waals surface area contributed by atoms with Gasteiger partial charge in [-0.3, -0.25) is 25.0 Å². The largest absolute Gasteiger partial charge is 0.301 e. The van der Waals surface area contributed by atoms with E-state index in [-0.39, 0.29) is 12.1 Å². The molecule has 25 heavy (non-hydrogen) atoms. The van der Waals surface area contributed by atoms with Gasteiger partial charge in [0.15, 0.2) is 0 Å². The van der Waals surface area contributed by atoms with Gasteiger partial charge in [0.25, 0.3) is 5.69 Å². The van der Waals surface area contributed by atoms with Crippen LogP contribution in [0.3, 0.4) is 0 Å². The van der Waals surface area contributed by atoms with Crippen LogP contribution < -0.4 is 5.01 Å². The van der Waals surface area contributed by atoms with Gasteiger partial charge < -0.3 is 0 Å². The molecule has 1 amide bonds. The molecule has 0 spiro atoms. The third-order valence-corrected chi connectivity index (χ3v) is 3.73. The Morgan fingerprint density at radius 2 is 1.68 bits per heavy atom. The third-order valence-electron chi connectivity index (χ3n) is 3.73. The Labute approximate surface area is 141 Å². The number of nitrogens with zero attached hydrogens (tertiary/aromatic N) is 4. The Morgan fingerprint density at radius 1 is 0.960 bits per heavy atom. The maximum Gasteiger partial charge on any atom is 0.301 e. The number of rotatable bonds is 4. The van der Waals surface area contributed by atoms with Crippen molar-refractivity contribution in [3.63, 3.8) is 0 Å². The molecule has 0 aliphatic carbocycles. The van der Waals surface area contributed by atoms with Crippen LogP contribution >= 0.6 is 0 Å². The normalized spacial score (nSPS) is 14.2. The SMILES string of the molecule is O=C1CCC(c2ccccc2)=NN1c1ccc([N+](=O)[O-])cc1[N+](=O)[O-]. The van der Waals surface area contributed by atoms with Crippen LogP contribution in [0.1, 0.15) is 18.4 Å². The molecule has 9 nitrogen and oxygen atoms in total. The molecule has 0 saturated heterocycles. The van der Waals surface area contributed by atoms with E-state index in [1.54, 1.807) is 0 Å². The number of nitro groups is 2. The Bertz CT molecular complexity index is 895. The van der Waals surface area contributed by atoms with Gasteiger partial charge in [-0.15, -0.1) is 0 Å². The van der Waals surface area contributed by atoms with Gasteiger partial charge in [-0.05, 0) is 11.6 Å². The number of carbonyl (C=O) groups is 1. The molecule has 0 aromatic heterocycles. The maximum atomic E-state index is 12.2. The monoisotopic (exact) mass is 340 g/mol. The number of hydrazone groups is 1. The Kier molecular flexibility index (Phi) is 4.21. The Balaban J connectivity index is 2.09. The molecule has 1 heterocycles. The number of carbonyl (C=O) groups excluding carboxylic acids is 1. The number of benzene rings is 2. The summed E-state index contributed by atoms with van der Waals surface area (Å²) in [7, 11) is 0. The van der Waals surface area contributed by atoms with Crippen LogP contribution in [0.2, 0.25) is 0 Å². The van der Waals surface area contributed by atoms with E-state index < -0.39 is 27.1 Å². The molecule has 0 saturated carbocycles. The highest BCUT2D eigenvalue weighted by Gasteiger charge is 2.30. The minimum Gasteiger partial charge on any atom is -0.273 e. The van der Waals surface area contributed by atoms with E-state index in [2.05, 4.69) is 5.10 Å². The first kappa shape index (κ1) is 16.2. The van der Waals surface area contributed by atoms with Crippen LogP contribution in [0, 0.1) is 20.2 Å². The lowest BCUT2D eigenvalue weighted by atomic mass is 10.0. The van der Waals surface area contributed by atoms with Crippen molar-refractivity contribution in [2.24, 2.45) is 5.10 Å². The standard InChI is InChI=1S/C16H12N4O5/c21-16-9-7-13(11-4-2-1-3-5-11)17-18(16)14-8-6-12(19(22)23)10-15(14)20(24)25/h1-6,8,10H,7,9H2. The molecule has 0 atom stereocenters.